The van der Waals surface area contributed by atoms with E-state index in [1.807, 2.05) is 31.2 Å². The molecule has 0 spiro atoms. The van der Waals surface area contributed by atoms with Gasteiger partial charge in [-0.1, -0.05) is 48.3 Å². The summed E-state index contributed by atoms with van der Waals surface area (Å²) in [4.78, 5) is 12.6. The number of benzene rings is 1. The molecule has 4 aliphatic carbocycles. The van der Waals surface area contributed by atoms with E-state index >= 15 is 0 Å². The number of fused-ring (bicyclic) bond motifs is 5. The van der Waals surface area contributed by atoms with Gasteiger partial charge in [-0.05, 0) is 87.2 Å². The zero-order chi connectivity index (χ0) is 21.8. The topological polar surface area (TPSA) is 58.9 Å². The van der Waals surface area contributed by atoms with Crippen LogP contribution >= 0.6 is 0 Å². The number of hydrogen-bond donors (Lipinski definition) is 1. The van der Waals surface area contributed by atoms with Gasteiger partial charge in [0.25, 0.3) is 0 Å². The van der Waals surface area contributed by atoms with Crippen LogP contribution in [0.25, 0.3) is 0 Å². The molecule has 31 heavy (non-hydrogen) atoms. The monoisotopic (exact) mass is 421 g/mol. The maximum absolute atomic E-state index is 12.6. The Labute approximate surface area is 185 Å². The molecule has 1 aromatic carbocycles. The maximum atomic E-state index is 12.6. The lowest BCUT2D eigenvalue weighted by Gasteiger charge is -2.57. The highest BCUT2D eigenvalue weighted by Crippen LogP contribution is 2.64. The SMILES string of the molecule is Cc1ccc(C(=O)O[C@H]2CC[C@@]3(C)C(=CC[C@@H]4[C@@H]3CC[C@]3(C)C(=NO)CC[C@@H]43)C2)cc1. The molecule has 5 rings (SSSR count). The standard InChI is InChI=1S/C27H35NO3/c1-17-4-6-18(7-5-17)25(29)31-20-12-14-26(2)19(16-20)8-9-21-22-10-11-24(28-30)27(22,3)15-13-23(21)26/h4-8,20-23,30H,9-16H2,1-3H3/t20-,21-,22-,23-,26-,27-/m0/s1. The van der Waals surface area contributed by atoms with Crippen molar-refractivity contribution in [2.75, 3.05) is 0 Å². The van der Waals surface area contributed by atoms with Crippen LogP contribution in [-0.2, 0) is 4.74 Å². The van der Waals surface area contributed by atoms with E-state index in [0.717, 1.165) is 56.2 Å². The van der Waals surface area contributed by atoms with Crippen LogP contribution in [0.1, 0.15) is 81.1 Å². The van der Waals surface area contributed by atoms with Crippen LogP contribution < -0.4 is 0 Å². The van der Waals surface area contributed by atoms with Crippen molar-refractivity contribution in [3.05, 3.63) is 47.0 Å². The molecule has 4 nitrogen and oxygen atoms in total. The first-order valence-corrected chi connectivity index (χ1v) is 12.0. The number of carbonyl (C=O) groups excluding carboxylic acids is 1. The molecule has 1 N–H and O–H groups in total. The lowest BCUT2D eigenvalue weighted by molar-refractivity contribution is -0.0287. The lowest BCUT2D eigenvalue weighted by Crippen LogP contribution is -2.50. The van der Waals surface area contributed by atoms with Crippen LogP contribution in [0, 0.1) is 35.5 Å². The number of carbonyl (C=O) groups is 1. The van der Waals surface area contributed by atoms with Crippen molar-refractivity contribution in [3.63, 3.8) is 0 Å². The minimum atomic E-state index is -0.196. The Morgan fingerprint density at radius 1 is 1.06 bits per heavy atom. The first kappa shape index (κ1) is 20.8. The highest BCUT2D eigenvalue weighted by atomic mass is 16.5. The van der Waals surface area contributed by atoms with E-state index in [9.17, 15) is 10.0 Å². The van der Waals surface area contributed by atoms with E-state index in [2.05, 4.69) is 25.1 Å². The minimum absolute atomic E-state index is 0.0156. The molecule has 0 saturated heterocycles. The van der Waals surface area contributed by atoms with Gasteiger partial charge in [0.05, 0.1) is 11.3 Å². The molecule has 0 amide bonds. The number of aryl methyl sites for hydroxylation is 1. The molecule has 0 unspecified atom stereocenters. The second-order valence-electron chi connectivity index (χ2n) is 10.9. The van der Waals surface area contributed by atoms with Crippen LogP contribution in [-0.4, -0.2) is 23.0 Å². The van der Waals surface area contributed by atoms with Crippen molar-refractivity contribution >= 4 is 11.7 Å². The Morgan fingerprint density at radius 2 is 1.77 bits per heavy atom. The Morgan fingerprint density at radius 3 is 2.52 bits per heavy atom. The van der Waals surface area contributed by atoms with E-state index in [-0.39, 0.29) is 22.9 Å². The molecular formula is C27H35NO3. The zero-order valence-corrected chi connectivity index (χ0v) is 19.1. The molecule has 4 aliphatic rings. The molecule has 0 aliphatic heterocycles. The van der Waals surface area contributed by atoms with Crippen molar-refractivity contribution in [1.82, 2.24) is 0 Å². The summed E-state index contributed by atoms with van der Waals surface area (Å²) in [7, 11) is 0. The van der Waals surface area contributed by atoms with Gasteiger partial charge in [-0.2, -0.15) is 0 Å². The summed E-state index contributed by atoms with van der Waals surface area (Å²) in [6, 6.07) is 7.65. The van der Waals surface area contributed by atoms with Crippen LogP contribution in [0.15, 0.2) is 41.1 Å². The van der Waals surface area contributed by atoms with Gasteiger partial charge in [-0.25, -0.2) is 4.79 Å². The summed E-state index contributed by atoms with van der Waals surface area (Å²) in [5.74, 6) is 1.80. The molecule has 0 aromatic heterocycles. The number of oxime groups is 1. The third kappa shape index (κ3) is 3.25. The van der Waals surface area contributed by atoms with Gasteiger partial charge in [0.1, 0.15) is 6.10 Å². The molecule has 0 heterocycles. The molecule has 3 fully saturated rings. The van der Waals surface area contributed by atoms with Crippen molar-refractivity contribution in [2.45, 2.75) is 78.2 Å². The predicted molar refractivity (Wildman–Crippen MR) is 121 cm³/mol. The fraction of sp³-hybridized carbons (Fsp3) is 0.630. The minimum Gasteiger partial charge on any atom is -0.458 e. The molecule has 0 bridgehead atoms. The Balaban J connectivity index is 1.32. The maximum Gasteiger partial charge on any atom is 0.338 e. The number of ether oxygens (including phenoxy) is 1. The van der Waals surface area contributed by atoms with E-state index in [0.29, 0.717) is 23.3 Å². The zero-order valence-electron chi connectivity index (χ0n) is 19.1. The predicted octanol–water partition coefficient (Wildman–Crippen LogP) is 6.31. The average molecular weight is 422 g/mol. The number of allylic oxidation sites excluding steroid dienone is 1. The van der Waals surface area contributed by atoms with Crippen molar-refractivity contribution in [2.24, 2.45) is 33.7 Å². The fourth-order valence-corrected chi connectivity index (χ4v) is 7.59. The van der Waals surface area contributed by atoms with Gasteiger partial charge in [0.15, 0.2) is 0 Å². The average Bonchev–Trinajstić information content (AvgIpc) is 3.10. The van der Waals surface area contributed by atoms with Gasteiger partial charge < -0.3 is 9.94 Å². The van der Waals surface area contributed by atoms with Crippen molar-refractivity contribution < 1.29 is 14.7 Å². The Kier molecular flexibility index (Phi) is 5.02. The van der Waals surface area contributed by atoms with Crippen LogP contribution in [0.3, 0.4) is 0 Å². The van der Waals surface area contributed by atoms with Gasteiger partial charge in [-0.3, -0.25) is 0 Å². The molecule has 0 radical (unpaired) electrons. The molecule has 1 aromatic rings. The van der Waals surface area contributed by atoms with E-state index < -0.39 is 0 Å². The smallest absolute Gasteiger partial charge is 0.338 e. The van der Waals surface area contributed by atoms with Crippen molar-refractivity contribution in [1.29, 1.82) is 0 Å². The van der Waals surface area contributed by atoms with Gasteiger partial charge in [-0.15, -0.1) is 0 Å². The Bertz CT molecular complexity index is 932. The summed E-state index contributed by atoms with van der Waals surface area (Å²) in [5, 5.41) is 13.2. The molecule has 3 saturated carbocycles. The van der Waals surface area contributed by atoms with E-state index in [1.54, 1.807) is 0 Å². The summed E-state index contributed by atoms with van der Waals surface area (Å²) in [6.45, 7) is 6.82. The second kappa shape index (κ2) is 7.50. The number of hydrogen-bond acceptors (Lipinski definition) is 4. The first-order valence-electron chi connectivity index (χ1n) is 12.0. The number of nitrogens with zero attached hydrogens (tertiary/aromatic N) is 1. The molecule has 6 atom stereocenters. The summed E-state index contributed by atoms with van der Waals surface area (Å²) in [5.41, 5.74) is 4.64. The van der Waals surface area contributed by atoms with E-state index in [1.165, 1.54) is 12.0 Å². The molecule has 4 heteroatoms. The summed E-state index contributed by atoms with van der Waals surface area (Å²) < 4.78 is 5.94. The lowest BCUT2D eigenvalue weighted by atomic mass is 9.48. The molecule has 166 valence electrons. The summed E-state index contributed by atoms with van der Waals surface area (Å²) in [6.07, 6.45) is 10.9. The van der Waals surface area contributed by atoms with Crippen LogP contribution in [0.2, 0.25) is 0 Å². The van der Waals surface area contributed by atoms with Gasteiger partial charge in [0, 0.05) is 11.8 Å². The van der Waals surface area contributed by atoms with E-state index in [4.69, 9.17) is 4.74 Å². The number of esters is 1. The van der Waals surface area contributed by atoms with Crippen molar-refractivity contribution in [3.8, 4) is 0 Å². The third-order valence-corrected chi connectivity index (χ3v) is 9.48. The molecular weight excluding hydrogens is 386 g/mol. The quantitative estimate of drug-likeness (QED) is 0.263. The van der Waals surface area contributed by atoms with Crippen LogP contribution in [0.4, 0.5) is 0 Å². The fourth-order valence-electron chi connectivity index (χ4n) is 7.59. The van der Waals surface area contributed by atoms with Gasteiger partial charge >= 0.3 is 5.97 Å². The largest absolute Gasteiger partial charge is 0.458 e. The first-order chi connectivity index (χ1) is 14.8. The number of rotatable bonds is 2. The van der Waals surface area contributed by atoms with Gasteiger partial charge in [0.2, 0.25) is 0 Å². The normalized spacial score (nSPS) is 40.5. The summed E-state index contributed by atoms with van der Waals surface area (Å²) >= 11 is 0. The Hall–Kier alpha value is -2.10. The highest BCUT2D eigenvalue weighted by molar-refractivity contribution is 5.92. The third-order valence-electron chi connectivity index (χ3n) is 9.48. The highest BCUT2D eigenvalue weighted by Gasteiger charge is 2.58. The second-order valence-corrected chi connectivity index (χ2v) is 10.9. The van der Waals surface area contributed by atoms with Crippen LogP contribution in [0.5, 0.6) is 0 Å².